The minimum Gasteiger partial charge on any atom is -0.480 e. The number of amides is 1. The van der Waals surface area contributed by atoms with Gasteiger partial charge in [-0.2, -0.15) is 0 Å². The molecule has 1 atom stereocenters. The van der Waals surface area contributed by atoms with Gasteiger partial charge in [-0.15, -0.1) is 0 Å². The van der Waals surface area contributed by atoms with Crippen molar-refractivity contribution in [2.24, 2.45) is 0 Å². The van der Waals surface area contributed by atoms with E-state index >= 15 is 0 Å². The van der Waals surface area contributed by atoms with Gasteiger partial charge >= 0.3 is 5.97 Å². The SMILES string of the molecule is O=C(O)[C@H]1COCCN1C(=O)/C=C/c1ccc(Cl)cc1. The summed E-state index contributed by atoms with van der Waals surface area (Å²) in [6, 6.07) is 6.08. The lowest BCUT2D eigenvalue weighted by Gasteiger charge is -2.31. The summed E-state index contributed by atoms with van der Waals surface area (Å²) in [4.78, 5) is 24.4. The first-order chi connectivity index (χ1) is 9.58. The second-order valence-corrected chi connectivity index (χ2v) is 4.78. The van der Waals surface area contributed by atoms with E-state index in [0.717, 1.165) is 5.56 Å². The quantitative estimate of drug-likeness (QED) is 0.861. The molecular weight excluding hydrogens is 282 g/mol. The highest BCUT2D eigenvalue weighted by Crippen LogP contribution is 2.12. The van der Waals surface area contributed by atoms with Gasteiger partial charge in [-0.3, -0.25) is 4.79 Å². The number of carbonyl (C=O) groups excluding carboxylic acids is 1. The van der Waals surface area contributed by atoms with Crippen LogP contribution in [0.1, 0.15) is 5.56 Å². The number of hydrogen-bond donors (Lipinski definition) is 1. The Kier molecular flexibility index (Phi) is 4.76. The Morgan fingerprint density at radius 1 is 1.35 bits per heavy atom. The Bertz CT molecular complexity index is 526. The summed E-state index contributed by atoms with van der Waals surface area (Å²) in [5.74, 6) is -1.39. The van der Waals surface area contributed by atoms with Crippen LogP contribution in [0.4, 0.5) is 0 Å². The second-order valence-electron chi connectivity index (χ2n) is 4.35. The minimum atomic E-state index is -1.06. The lowest BCUT2D eigenvalue weighted by atomic mass is 10.2. The molecule has 1 aliphatic heterocycles. The van der Waals surface area contributed by atoms with Crippen molar-refractivity contribution in [3.63, 3.8) is 0 Å². The van der Waals surface area contributed by atoms with E-state index in [-0.39, 0.29) is 19.1 Å². The average molecular weight is 296 g/mol. The van der Waals surface area contributed by atoms with Crippen LogP contribution in [0.15, 0.2) is 30.3 Å². The van der Waals surface area contributed by atoms with E-state index in [1.807, 2.05) is 0 Å². The van der Waals surface area contributed by atoms with E-state index in [9.17, 15) is 9.59 Å². The van der Waals surface area contributed by atoms with Gasteiger partial charge in [0.05, 0.1) is 13.2 Å². The highest BCUT2D eigenvalue weighted by molar-refractivity contribution is 6.30. The van der Waals surface area contributed by atoms with Gasteiger partial charge in [0.1, 0.15) is 0 Å². The molecule has 1 aromatic rings. The summed E-state index contributed by atoms with van der Waals surface area (Å²) in [6.07, 6.45) is 3.00. The van der Waals surface area contributed by atoms with E-state index in [1.165, 1.54) is 11.0 Å². The zero-order chi connectivity index (χ0) is 14.5. The molecule has 2 rings (SSSR count). The second kappa shape index (κ2) is 6.54. The van der Waals surface area contributed by atoms with Gasteiger partial charge < -0.3 is 14.7 Å². The molecule has 1 aliphatic rings. The van der Waals surface area contributed by atoms with Crippen LogP contribution in [-0.2, 0) is 14.3 Å². The van der Waals surface area contributed by atoms with Crippen molar-refractivity contribution < 1.29 is 19.4 Å². The molecule has 1 saturated heterocycles. The first-order valence-corrected chi connectivity index (χ1v) is 6.50. The van der Waals surface area contributed by atoms with Gasteiger partial charge in [-0.25, -0.2) is 4.79 Å². The van der Waals surface area contributed by atoms with Crippen LogP contribution in [0.5, 0.6) is 0 Å². The Balaban J connectivity index is 2.06. The number of benzene rings is 1. The van der Waals surface area contributed by atoms with Gasteiger partial charge in [0.25, 0.3) is 0 Å². The Morgan fingerprint density at radius 3 is 2.70 bits per heavy atom. The average Bonchev–Trinajstić information content (AvgIpc) is 2.46. The number of carboxylic acid groups (broad SMARTS) is 1. The summed E-state index contributed by atoms with van der Waals surface area (Å²) in [6.45, 7) is 0.654. The molecule has 0 unspecified atom stereocenters. The van der Waals surface area contributed by atoms with Crippen LogP contribution in [0, 0.1) is 0 Å². The van der Waals surface area contributed by atoms with Gasteiger partial charge in [-0.1, -0.05) is 23.7 Å². The highest BCUT2D eigenvalue weighted by Gasteiger charge is 2.31. The lowest BCUT2D eigenvalue weighted by Crippen LogP contribution is -2.52. The molecule has 5 nitrogen and oxygen atoms in total. The molecule has 20 heavy (non-hydrogen) atoms. The normalized spacial score (nSPS) is 19.2. The van der Waals surface area contributed by atoms with Gasteiger partial charge in [0.2, 0.25) is 5.91 Å². The van der Waals surface area contributed by atoms with E-state index in [1.54, 1.807) is 30.3 Å². The van der Waals surface area contributed by atoms with Crippen LogP contribution < -0.4 is 0 Å². The van der Waals surface area contributed by atoms with Gasteiger partial charge in [0.15, 0.2) is 6.04 Å². The predicted molar refractivity (Wildman–Crippen MR) is 74.4 cm³/mol. The number of ether oxygens (including phenoxy) is 1. The largest absolute Gasteiger partial charge is 0.480 e. The fourth-order valence-electron chi connectivity index (χ4n) is 1.91. The first kappa shape index (κ1) is 14.6. The van der Waals surface area contributed by atoms with Crippen LogP contribution in [0.25, 0.3) is 6.08 Å². The van der Waals surface area contributed by atoms with E-state index in [2.05, 4.69) is 0 Å². The van der Waals surface area contributed by atoms with Crippen LogP contribution in [0.2, 0.25) is 5.02 Å². The molecule has 1 amide bonds. The van der Waals surface area contributed by atoms with Crippen molar-refractivity contribution in [2.45, 2.75) is 6.04 Å². The maximum Gasteiger partial charge on any atom is 0.328 e. The summed E-state index contributed by atoms with van der Waals surface area (Å²) in [5.41, 5.74) is 0.822. The Hall–Kier alpha value is -1.85. The minimum absolute atomic E-state index is 0.0237. The molecule has 0 bridgehead atoms. The maximum absolute atomic E-state index is 12.0. The van der Waals surface area contributed by atoms with Crippen molar-refractivity contribution in [2.75, 3.05) is 19.8 Å². The number of rotatable bonds is 3. The summed E-state index contributed by atoms with van der Waals surface area (Å²) in [5, 5.41) is 9.68. The maximum atomic E-state index is 12.0. The summed E-state index contributed by atoms with van der Waals surface area (Å²) in [7, 11) is 0. The molecule has 1 heterocycles. The third kappa shape index (κ3) is 3.59. The molecule has 1 N–H and O–H groups in total. The van der Waals surface area contributed by atoms with Crippen molar-refractivity contribution >= 4 is 29.6 Å². The van der Waals surface area contributed by atoms with Crippen molar-refractivity contribution in [3.8, 4) is 0 Å². The van der Waals surface area contributed by atoms with E-state index in [0.29, 0.717) is 11.6 Å². The van der Waals surface area contributed by atoms with E-state index < -0.39 is 12.0 Å². The van der Waals surface area contributed by atoms with Crippen LogP contribution >= 0.6 is 11.6 Å². The first-order valence-electron chi connectivity index (χ1n) is 6.13. The fraction of sp³-hybridized carbons (Fsp3) is 0.286. The summed E-state index contributed by atoms with van der Waals surface area (Å²) < 4.78 is 5.09. The number of carboxylic acids is 1. The number of carbonyl (C=O) groups is 2. The number of hydrogen-bond acceptors (Lipinski definition) is 3. The summed E-state index contributed by atoms with van der Waals surface area (Å²) >= 11 is 5.77. The number of halogens is 1. The van der Waals surface area contributed by atoms with Crippen LogP contribution in [0.3, 0.4) is 0 Å². The molecule has 0 saturated carbocycles. The number of aliphatic carboxylic acids is 1. The topological polar surface area (TPSA) is 66.8 Å². The molecule has 0 aromatic heterocycles. The molecule has 1 aromatic carbocycles. The zero-order valence-electron chi connectivity index (χ0n) is 10.7. The predicted octanol–water partition coefficient (Wildman–Crippen LogP) is 1.67. The molecule has 6 heteroatoms. The lowest BCUT2D eigenvalue weighted by molar-refractivity contribution is -0.156. The molecule has 106 valence electrons. The molecule has 1 fully saturated rings. The highest BCUT2D eigenvalue weighted by atomic mass is 35.5. The molecular formula is C14H14ClNO4. The van der Waals surface area contributed by atoms with E-state index in [4.69, 9.17) is 21.4 Å². The zero-order valence-corrected chi connectivity index (χ0v) is 11.4. The number of nitrogens with zero attached hydrogens (tertiary/aromatic N) is 1. The fourth-order valence-corrected chi connectivity index (χ4v) is 2.04. The van der Waals surface area contributed by atoms with Crippen molar-refractivity contribution in [1.29, 1.82) is 0 Å². The Labute approximate surface area is 121 Å². The smallest absolute Gasteiger partial charge is 0.328 e. The van der Waals surface area contributed by atoms with Crippen molar-refractivity contribution in [3.05, 3.63) is 40.9 Å². The third-order valence-corrected chi connectivity index (χ3v) is 3.24. The third-order valence-electron chi connectivity index (χ3n) is 2.98. The van der Waals surface area contributed by atoms with Crippen LogP contribution in [-0.4, -0.2) is 47.7 Å². The van der Waals surface area contributed by atoms with Crippen molar-refractivity contribution in [1.82, 2.24) is 4.90 Å². The molecule has 0 spiro atoms. The standard InChI is InChI=1S/C14H14ClNO4/c15-11-4-1-10(2-5-11)3-6-13(17)16-7-8-20-9-12(16)14(18)19/h1-6,12H,7-9H2,(H,18,19)/b6-3+/t12-/m1/s1. The van der Waals surface area contributed by atoms with Gasteiger partial charge in [0, 0.05) is 17.6 Å². The molecule has 0 aliphatic carbocycles. The molecule has 0 radical (unpaired) electrons. The Morgan fingerprint density at radius 2 is 2.05 bits per heavy atom. The number of morpholine rings is 1. The monoisotopic (exact) mass is 295 g/mol. The van der Waals surface area contributed by atoms with Gasteiger partial charge in [-0.05, 0) is 23.8 Å².